The first-order valence-electron chi connectivity index (χ1n) is 9.65. The minimum Gasteiger partial charge on any atom is -1.00 e. The van der Waals surface area contributed by atoms with E-state index < -0.39 is 0 Å². The molecule has 0 bridgehead atoms. The number of halogens is 1. The van der Waals surface area contributed by atoms with Crippen LogP contribution in [0.1, 0.15) is 67.6 Å². The Hall–Kier alpha value is -1.87. The molecule has 1 heterocycles. The van der Waals surface area contributed by atoms with Crippen molar-refractivity contribution in [2.45, 2.75) is 59.9 Å². The molecule has 0 N–H and O–H groups in total. The maximum Gasteiger partial charge on any atom is 0.249 e. The first-order chi connectivity index (χ1) is 12.4. The smallest absolute Gasteiger partial charge is 0.249 e. The van der Waals surface area contributed by atoms with E-state index in [2.05, 4.69) is 106 Å². The van der Waals surface area contributed by atoms with Gasteiger partial charge in [-0.15, -0.1) is 0 Å². The number of para-hydroxylation sites is 1. The molecule has 0 saturated heterocycles. The van der Waals surface area contributed by atoms with Gasteiger partial charge in [-0.2, -0.15) is 4.57 Å². The molecular formula is C24H31BrN2. The van der Waals surface area contributed by atoms with Gasteiger partial charge in [0.2, 0.25) is 6.33 Å². The van der Waals surface area contributed by atoms with Crippen molar-refractivity contribution in [3.8, 4) is 5.69 Å². The molecular weight excluding hydrogens is 396 g/mol. The molecule has 0 aliphatic heterocycles. The van der Waals surface area contributed by atoms with Crippen molar-refractivity contribution in [1.82, 2.24) is 4.57 Å². The normalized spacial score (nSPS) is 11.1. The van der Waals surface area contributed by atoms with Crippen molar-refractivity contribution in [1.29, 1.82) is 0 Å². The lowest BCUT2D eigenvalue weighted by molar-refractivity contribution is -0.693. The van der Waals surface area contributed by atoms with E-state index in [1.54, 1.807) is 0 Å². The molecule has 3 aromatic rings. The third-order valence-electron chi connectivity index (χ3n) is 5.35. The summed E-state index contributed by atoms with van der Waals surface area (Å²) >= 11 is 0. The van der Waals surface area contributed by atoms with Gasteiger partial charge < -0.3 is 17.0 Å². The molecule has 2 aromatic carbocycles. The zero-order chi connectivity index (χ0) is 18.8. The van der Waals surface area contributed by atoms with Crippen LogP contribution < -0.4 is 21.5 Å². The zero-order valence-electron chi connectivity index (χ0n) is 17.3. The minimum absolute atomic E-state index is 0. The summed E-state index contributed by atoms with van der Waals surface area (Å²) in [6.07, 6.45) is 2.28. The van der Waals surface area contributed by atoms with Gasteiger partial charge in [-0.25, -0.2) is 4.57 Å². The standard InChI is InChI=1S/C24H31N2.BrH/c1-17(2)22-13-10-14-23(18(3)4)24(22)26-16-25(19(5)20(26)6)15-21-11-8-7-9-12-21;/h7-14,16-18H,15H2,1-6H3;1H/q+1;/p-1. The van der Waals surface area contributed by atoms with Crippen LogP contribution in [-0.2, 0) is 6.54 Å². The molecule has 0 atom stereocenters. The summed E-state index contributed by atoms with van der Waals surface area (Å²) in [4.78, 5) is 0. The molecule has 144 valence electrons. The lowest BCUT2D eigenvalue weighted by atomic mass is 9.92. The Bertz CT molecular complexity index is 866. The summed E-state index contributed by atoms with van der Waals surface area (Å²) < 4.78 is 4.77. The molecule has 0 saturated carbocycles. The number of imidazole rings is 1. The van der Waals surface area contributed by atoms with Gasteiger partial charge in [-0.05, 0) is 17.4 Å². The molecule has 0 amide bonds. The predicted octanol–water partition coefficient (Wildman–Crippen LogP) is 2.68. The third-order valence-corrected chi connectivity index (χ3v) is 5.35. The highest BCUT2D eigenvalue weighted by molar-refractivity contribution is 5.52. The highest BCUT2D eigenvalue weighted by Crippen LogP contribution is 2.32. The molecule has 0 fully saturated rings. The van der Waals surface area contributed by atoms with Gasteiger partial charge >= 0.3 is 0 Å². The number of aromatic nitrogens is 2. The Morgan fingerprint density at radius 2 is 1.37 bits per heavy atom. The molecule has 27 heavy (non-hydrogen) atoms. The first-order valence-corrected chi connectivity index (χ1v) is 9.65. The molecule has 0 spiro atoms. The van der Waals surface area contributed by atoms with Gasteiger partial charge in [-0.3, -0.25) is 0 Å². The largest absolute Gasteiger partial charge is 1.00 e. The number of nitrogens with zero attached hydrogens (tertiary/aromatic N) is 2. The topological polar surface area (TPSA) is 8.81 Å². The van der Waals surface area contributed by atoms with Gasteiger partial charge in [0.1, 0.15) is 23.6 Å². The first kappa shape index (κ1) is 21.4. The van der Waals surface area contributed by atoms with Crippen LogP contribution in [0.15, 0.2) is 54.9 Å². The molecule has 3 heteroatoms. The van der Waals surface area contributed by atoms with Crippen LogP contribution in [0.25, 0.3) is 5.69 Å². The fourth-order valence-electron chi connectivity index (χ4n) is 3.65. The van der Waals surface area contributed by atoms with Crippen LogP contribution >= 0.6 is 0 Å². The monoisotopic (exact) mass is 426 g/mol. The molecule has 0 aliphatic rings. The minimum atomic E-state index is 0. The van der Waals surface area contributed by atoms with Crippen molar-refractivity contribution < 1.29 is 21.5 Å². The summed E-state index contributed by atoms with van der Waals surface area (Å²) in [7, 11) is 0. The second-order valence-electron chi connectivity index (χ2n) is 7.86. The fourth-order valence-corrected chi connectivity index (χ4v) is 3.65. The number of hydrogen-bond donors (Lipinski definition) is 0. The lowest BCUT2D eigenvalue weighted by Crippen LogP contribution is -3.00. The molecule has 0 unspecified atom stereocenters. The molecule has 0 aliphatic carbocycles. The van der Waals surface area contributed by atoms with Crippen molar-refractivity contribution in [2.24, 2.45) is 0 Å². The van der Waals surface area contributed by atoms with Crippen molar-refractivity contribution >= 4 is 0 Å². The van der Waals surface area contributed by atoms with E-state index in [0.717, 1.165) is 6.54 Å². The Balaban J connectivity index is 0.00000261. The Kier molecular flexibility index (Phi) is 7.05. The highest BCUT2D eigenvalue weighted by atomic mass is 79.9. The van der Waals surface area contributed by atoms with Crippen LogP contribution in [0.3, 0.4) is 0 Å². The van der Waals surface area contributed by atoms with E-state index in [-0.39, 0.29) is 17.0 Å². The Labute approximate surface area is 174 Å². The van der Waals surface area contributed by atoms with Crippen molar-refractivity contribution in [2.75, 3.05) is 0 Å². The molecule has 1 aromatic heterocycles. The van der Waals surface area contributed by atoms with Gasteiger partial charge in [0, 0.05) is 25.0 Å². The number of hydrogen-bond acceptors (Lipinski definition) is 0. The number of benzene rings is 2. The second kappa shape index (κ2) is 8.88. The van der Waals surface area contributed by atoms with Crippen molar-refractivity contribution in [3.05, 3.63) is 82.9 Å². The molecule has 3 rings (SSSR count). The van der Waals surface area contributed by atoms with Crippen LogP contribution in [0, 0.1) is 13.8 Å². The quantitative estimate of drug-likeness (QED) is 0.554. The summed E-state index contributed by atoms with van der Waals surface area (Å²) in [6.45, 7) is 14.5. The predicted molar refractivity (Wildman–Crippen MR) is 109 cm³/mol. The highest BCUT2D eigenvalue weighted by Gasteiger charge is 2.24. The average molecular weight is 427 g/mol. The lowest BCUT2D eigenvalue weighted by Gasteiger charge is -2.17. The van der Waals surface area contributed by atoms with E-state index in [1.165, 1.54) is 33.8 Å². The Morgan fingerprint density at radius 1 is 0.815 bits per heavy atom. The van der Waals surface area contributed by atoms with Crippen LogP contribution in [0.5, 0.6) is 0 Å². The van der Waals surface area contributed by atoms with Gasteiger partial charge in [0.05, 0.1) is 0 Å². The summed E-state index contributed by atoms with van der Waals surface area (Å²) in [6, 6.07) is 17.5. The van der Waals surface area contributed by atoms with Crippen LogP contribution in [-0.4, -0.2) is 4.57 Å². The van der Waals surface area contributed by atoms with E-state index in [9.17, 15) is 0 Å². The van der Waals surface area contributed by atoms with Crippen molar-refractivity contribution in [3.63, 3.8) is 0 Å². The van der Waals surface area contributed by atoms with E-state index >= 15 is 0 Å². The Morgan fingerprint density at radius 3 is 1.89 bits per heavy atom. The summed E-state index contributed by atoms with van der Waals surface area (Å²) in [5, 5.41) is 0. The van der Waals surface area contributed by atoms with E-state index in [1.807, 2.05) is 0 Å². The third kappa shape index (κ3) is 4.35. The van der Waals surface area contributed by atoms with Crippen LogP contribution in [0.4, 0.5) is 0 Å². The maximum atomic E-state index is 2.41. The van der Waals surface area contributed by atoms with E-state index in [0.29, 0.717) is 11.8 Å². The van der Waals surface area contributed by atoms with E-state index in [4.69, 9.17) is 0 Å². The van der Waals surface area contributed by atoms with Gasteiger partial charge in [0.25, 0.3) is 0 Å². The summed E-state index contributed by atoms with van der Waals surface area (Å²) in [5.41, 5.74) is 8.17. The maximum absolute atomic E-state index is 2.41. The van der Waals surface area contributed by atoms with Crippen LogP contribution in [0.2, 0.25) is 0 Å². The SMILES string of the molecule is Cc1c(C)[n+](Cc2ccccc2)cn1-c1c(C(C)C)cccc1C(C)C.[Br-]. The van der Waals surface area contributed by atoms with Gasteiger partial charge in [0.15, 0.2) is 0 Å². The van der Waals surface area contributed by atoms with Gasteiger partial charge in [-0.1, -0.05) is 76.2 Å². The zero-order valence-corrected chi connectivity index (χ0v) is 18.9. The summed E-state index contributed by atoms with van der Waals surface area (Å²) in [5.74, 6) is 0.988. The fraction of sp³-hybridized carbons (Fsp3) is 0.375. The molecule has 2 nitrogen and oxygen atoms in total. The average Bonchev–Trinajstić information content (AvgIpc) is 2.90. The second-order valence-corrected chi connectivity index (χ2v) is 7.86. The molecule has 0 radical (unpaired) electrons. The number of rotatable bonds is 5.